The fourth-order valence-electron chi connectivity index (χ4n) is 7.45. The summed E-state index contributed by atoms with van der Waals surface area (Å²) in [5.41, 5.74) is 10.6. The molecular formula is C32H45ClN4O4S2. The first-order valence-electron chi connectivity index (χ1n) is 14.5. The molecule has 2 aliphatic carbocycles. The molecule has 2 aromatic rings. The highest BCUT2D eigenvalue weighted by Crippen LogP contribution is 2.64. The van der Waals surface area contributed by atoms with Gasteiger partial charge in [0.15, 0.2) is 0 Å². The van der Waals surface area contributed by atoms with Gasteiger partial charge in [0, 0.05) is 72.2 Å². The summed E-state index contributed by atoms with van der Waals surface area (Å²) in [4.78, 5) is 4.93. The maximum Gasteiger partial charge on any atom is 0.229 e. The molecule has 2 heterocycles. The number of nitrogens with zero attached hydrogens (tertiary/aromatic N) is 2. The monoisotopic (exact) mass is 648 g/mol. The van der Waals surface area contributed by atoms with Crippen molar-refractivity contribution in [2.75, 3.05) is 62.2 Å². The third-order valence-corrected chi connectivity index (χ3v) is 10.3. The van der Waals surface area contributed by atoms with Crippen LogP contribution in [0.5, 0.6) is 0 Å². The van der Waals surface area contributed by atoms with Gasteiger partial charge in [-0.15, -0.1) is 13.2 Å². The van der Waals surface area contributed by atoms with E-state index in [0.717, 1.165) is 50.0 Å². The zero-order valence-corrected chi connectivity index (χ0v) is 27.9. The van der Waals surface area contributed by atoms with Gasteiger partial charge < -0.3 is 5.73 Å². The second-order valence-corrected chi connectivity index (χ2v) is 17.6. The summed E-state index contributed by atoms with van der Waals surface area (Å²) in [5.74, 6) is 2.96. The largest absolute Gasteiger partial charge is 0.399 e. The number of sulfonamides is 1. The van der Waals surface area contributed by atoms with Crippen LogP contribution in [0, 0.1) is 23.7 Å². The summed E-state index contributed by atoms with van der Waals surface area (Å²) in [6.45, 7) is 18.9. The lowest BCUT2D eigenvalue weighted by molar-refractivity contribution is 0.304. The van der Waals surface area contributed by atoms with Gasteiger partial charge in [-0.3, -0.25) is 14.5 Å². The van der Waals surface area contributed by atoms with Gasteiger partial charge in [-0.2, -0.15) is 0 Å². The molecular weight excluding hydrogens is 604 g/mol. The van der Waals surface area contributed by atoms with Crippen molar-refractivity contribution in [3.8, 4) is 0 Å². The van der Waals surface area contributed by atoms with Crippen LogP contribution in [0.1, 0.15) is 25.0 Å². The Morgan fingerprint density at radius 2 is 1.23 bits per heavy atom. The number of anilines is 2. The number of nitrogens with one attached hydrogen (secondary N) is 1. The van der Waals surface area contributed by atoms with Gasteiger partial charge in [0.2, 0.25) is 19.1 Å². The Morgan fingerprint density at radius 1 is 0.837 bits per heavy atom. The first-order valence-corrected chi connectivity index (χ1v) is 19.1. The molecule has 4 fully saturated rings. The van der Waals surface area contributed by atoms with Crippen LogP contribution in [-0.2, 0) is 29.9 Å². The summed E-state index contributed by atoms with van der Waals surface area (Å²) in [7, 11) is -1.92. The average molecular weight is 649 g/mol. The quantitative estimate of drug-likeness (QED) is 0.246. The van der Waals surface area contributed by atoms with E-state index >= 15 is 0 Å². The second-order valence-electron chi connectivity index (χ2n) is 12.8. The number of likely N-dealkylation sites (tertiary alicyclic amines) is 2. The zero-order valence-electron chi connectivity index (χ0n) is 25.5. The van der Waals surface area contributed by atoms with Crippen molar-refractivity contribution in [3.05, 3.63) is 85.0 Å². The maximum atomic E-state index is 11.4. The number of hydrogen-bond donors (Lipinski definition) is 2. The van der Waals surface area contributed by atoms with E-state index in [0.29, 0.717) is 22.9 Å². The smallest absolute Gasteiger partial charge is 0.229 e. The predicted octanol–water partition coefficient (Wildman–Crippen LogP) is 4.52. The fourth-order valence-corrected chi connectivity index (χ4v) is 8.01. The van der Waals surface area contributed by atoms with E-state index in [4.69, 9.17) is 5.73 Å². The lowest BCUT2D eigenvalue weighted by Crippen LogP contribution is -2.29. The number of rotatable bonds is 8. The van der Waals surface area contributed by atoms with Gasteiger partial charge in [-0.1, -0.05) is 50.3 Å². The molecule has 8 nitrogen and oxygen atoms in total. The lowest BCUT2D eigenvalue weighted by Gasteiger charge is -2.23. The van der Waals surface area contributed by atoms with E-state index in [-0.39, 0.29) is 5.41 Å². The van der Waals surface area contributed by atoms with Crippen molar-refractivity contribution >= 4 is 41.1 Å². The van der Waals surface area contributed by atoms with Crippen molar-refractivity contribution < 1.29 is 16.8 Å². The maximum absolute atomic E-state index is 11.4. The summed E-state index contributed by atoms with van der Waals surface area (Å²) in [6, 6.07) is 16.3. The summed E-state index contributed by atoms with van der Waals surface area (Å²) < 4.78 is 44.1. The molecule has 236 valence electrons. The molecule has 2 saturated heterocycles. The van der Waals surface area contributed by atoms with Crippen LogP contribution in [0.2, 0.25) is 0 Å². The standard InChI is InChI=1S/C16H22N2O2S.C15H20N2.CH3ClO2S/c1-4-8-18-10-14-15(11-18)16(14,2)12-6-5-7-13(9-12)17-21(3,19)20;1-3-7-17-9-13-14(10-17)15(13,2)11-5-4-6-12(16)8-11;1-5(2,3)4/h4-7,9,14-15,17H,1,8,10-11H2,2-3H3;3-6,8,13-14H,1,7,9-10,16H2,2H3;1H3. The molecule has 4 unspecified atom stereocenters. The van der Waals surface area contributed by atoms with Gasteiger partial charge in [0.05, 0.1) is 12.5 Å². The molecule has 0 bridgehead atoms. The Bertz CT molecular complexity index is 1530. The predicted molar refractivity (Wildman–Crippen MR) is 178 cm³/mol. The summed E-state index contributed by atoms with van der Waals surface area (Å²) >= 11 is 0. The van der Waals surface area contributed by atoms with Gasteiger partial charge >= 0.3 is 0 Å². The molecule has 2 aromatic carbocycles. The molecule has 0 amide bonds. The molecule has 43 heavy (non-hydrogen) atoms. The van der Waals surface area contributed by atoms with Crippen LogP contribution >= 0.6 is 10.7 Å². The van der Waals surface area contributed by atoms with E-state index in [9.17, 15) is 16.8 Å². The van der Waals surface area contributed by atoms with Crippen molar-refractivity contribution in [3.63, 3.8) is 0 Å². The van der Waals surface area contributed by atoms with Crippen LogP contribution in [0.3, 0.4) is 0 Å². The SMILES string of the molecule is C=CCN1CC2C(C1)C2(C)c1cccc(N)c1.C=CCN1CC2C(C1)C2(C)c1cccc(NS(C)(=O)=O)c1.CS(=O)(=O)Cl. The molecule has 11 heteroatoms. The van der Waals surface area contributed by atoms with Crippen LogP contribution in [0.25, 0.3) is 0 Å². The molecule has 0 spiro atoms. The number of nitrogens with two attached hydrogens (primary N) is 1. The minimum Gasteiger partial charge on any atom is -0.399 e. The minimum atomic E-state index is -3.22. The molecule has 2 aliphatic heterocycles. The Morgan fingerprint density at radius 3 is 1.60 bits per heavy atom. The van der Waals surface area contributed by atoms with Crippen LogP contribution in [0.4, 0.5) is 11.4 Å². The molecule has 0 aromatic heterocycles. The number of benzene rings is 2. The normalized spacial score (nSPS) is 30.9. The Balaban J connectivity index is 0.000000173. The fraction of sp³-hybridized carbons (Fsp3) is 0.500. The number of fused-ring (bicyclic) bond motifs is 2. The van der Waals surface area contributed by atoms with E-state index in [1.807, 2.05) is 30.4 Å². The topological polar surface area (TPSA) is 113 Å². The third-order valence-electron chi connectivity index (χ3n) is 9.72. The molecule has 0 radical (unpaired) electrons. The average Bonchev–Trinajstić information content (AvgIpc) is 3.40. The van der Waals surface area contributed by atoms with Crippen LogP contribution < -0.4 is 10.5 Å². The first-order chi connectivity index (χ1) is 20.0. The van der Waals surface area contributed by atoms with E-state index in [2.05, 4.69) is 76.5 Å². The van der Waals surface area contributed by atoms with E-state index in [1.165, 1.54) is 30.5 Å². The summed E-state index contributed by atoms with van der Waals surface area (Å²) in [6.07, 6.45) is 6.07. The number of halogens is 1. The van der Waals surface area contributed by atoms with Crippen molar-refractivity contribution in [1.82, 2.24) is 9.80 Å². The van der Waals surface area contributed by atoms with Gasteiger partial charge in [-0.05, 0) is 59.1 Å². The van der Waals surface area contributed by atoms with Crippen LogP contribution in [-0.4, -0.2) is 78.4 Å². The number of hydrogen-bond acceptors (Lipinski definition) is 7. The summed E-state index contributed by atoms with van der Waals surface area (Å²) in [5, 5.41) is 0. The second kappa shape index (κ2) is 12.6. The number of piperidine rings is 2. The molecule has 2 saturated carbocycles. The minimum absolute atomic E-state index is 0.187. The first kappa shape index (κ1) is 33.5. The van der Waals surface area contributed by atoms with Gasteiger partial charge in [-0.25, -0.2) is 16.8 Å². The van der Waals surface area contributed by atoms with Crippen molar-refractivity contribution in [2.24, 2.45) is 23.7 Å². The van der Waals surface area contributed by atoms with E-state index < -0.39 is 19.1 Å². The van der Waals surface area contributed by atoms with Gasteiger partial charge in [0.25, 0.3) is 0 Å². The number of nitrogen functional groups attached to an aromatic ring is 1. The van der Waals surface area contributed by atoms with Gasteiger partial charge in [0.1, 0.15) is 0 Å². The molecule has 6 rings (SSSR count). The Labute approximate surface area is 262 Å². The molecule has 3 N–H and O–H groups in total. The molecule has 4 aliphatic rings. The third kappa shape index (κ3) is 7.84. The Hall–Kier alpha value is -2.37. The highest BCUT2D eigenvalue weighted by atomic mass is 35.7. The van der Waals surface area contributed by atoms with Crippen LogP contribution in [0.15, 0.2) is 73.8 Å². The highest BCUT2D eigenvalue weighted by molar-refractivity contribution is 8.13. The highest BCUT2D eigenvalue weighted by Gasteiger charge is 2.66. The van der Waals surface area contributed by atoms with Crippen molar-refractivity contribution in [1.29, 1.82) is 0 Å². The molecule has 4 atom stereocenters. The Kier molecular flexibility index (Phi) is 9.79. The van der Waals surface area contributed by atoms with E-state index in [1.54, 1.807) is 6.07 Å². The van der Waals surface area contributed by atoms with Crippen molar-refractivity contribution in [2.45, 2.75) is 24.7 Å². The zero-order chi connectivity index (χ0) is 31.8. The lowest BCUT2D eigenvalue weighted by atomic mass is 9.92.